The molecule has 0 radical (unpaired) electrons. The minimum absolute atomic E-state index is 0.621. The Morgan fingerprint density at radius 2 is 1.82 bits per heavy atom. The Morgan fingerprint density at radius 3 is 2.36 bits per heavy atom. The molecule has 0 spiro atoms. The normalized spacial score (nSPS) is 10.1. The van der Waals surface area contributed by atoms with Crippen molar-refractivity contribution in [2.24, 2.45) is 0 Å². The van der Waals surface area contributed by atoms with Crippen LogP contribution < -0.4 is 4.72 Å². The van der Waals surface area contributed by atoms with Gasteiger partial charge in [0.25, 0.3) is 0 Å². The van der Waals surface area contributed by atoms with Gasteiger partial charge in [0.2, 0.25) is 0 Å². The fourth-order valence-corrected chi connectivity index (χ4v) is 1.20. The first kappa shape index (κ1) is 8.47. The Kier molecular flexibility index (Phi) is 3.30. The maximum atomic E-state index is 3.26. The smallest absolute Gasteiger partial charge is 0.0440 e. The molecule has 0 aliphatic heterocycles. The maximum Gasteiger partial charge on any atom is 0.0440 e. The van der Waals surface area contributed by atoms with Crippen molar-refractivity contribution >= 4 is 17.6 Å². The van der Waals surface area contributed by atoms with E-state index < -0.39 is 0 Å². The summed E-state index contributed by atoms with van der Waals surface area (Å²) in [6.07, 6.45) is 0. The number of para-hydroxylation sites is 1. The van der Waals surface area contributed by atoms with Gasteiger partial charge in [-0.25, -0.2) is 0 Å². The van der Waals surface area contributed by atoms with E-state index in [4.69, 9.17) is 0 Å². The molecule has 0 saturated carbocycles. The van der Waals surface area contributed by atoms with Crippen molar-refractivity contribution < 1.29 is 0 Å². The summed E-state index contributed by atoms with van der Waals surface area (Å²) in [7, 11) is 0. The molecule has 11 heavy (non-hydrogen) atoms. The van der Waals surface area contributed by atoms with Crippen LogP contribution in [-0.2, 0) is 0 Å². The fourth-order valence-electron chi connectivity index (χ4n) is 0.692. The highest BCUT2D eigenvalue weighted by atomic mass is 32.2. The van der Waals surface area contributed by atoms with Crippen LogP contribution in [-0.4, -0.2) is 5.25 Å². The highest BCUT2D eigenvalue weighted by Gasteiger charge is 1.92. The molecular formula is C9H13NS. The molecule has 0 atom stereocenters. The zero-order valence-electron chi connectivity index (χ0n) is 6.87. The van der Waals surface area contributed by atoms with Crippen molar-refractivity contribution in [3.05, 3.63) is 30.3 Å². The van der Waals surface area contributed by atoms with Gasteiger partial charge in [-0.1, -0.05) is 32.0 Å². The van der Waals surface area contributed by atoms with Gasteiger partial charge in [0.1, 0.15) is 0 Å². The lowest BCUT2D eigenvalue weighted by molar-refractivity contribution is 1.12. The average Bonchev–Trinajstić information content (AvgIpc) is 2.03. The monoisotopic (exact) mass is 167 g/mol. The van der Waals surface area contributed by atoms with Crippen LogP contribution in [0.5, 0.6) is 0 Å². The Hall–Kier alpha value is -0.630. The van der Waals surface area contributed by atoms with Crippen LogP contribution in [0.1, 0.15) is 13.8 Å². The molecule has 0 aliphatic rings. The summed E-state index contributed by atoms with van der Waals surface area (Å²) in [6.45, 7) is 4.33. The third-order valence-corrected chi connectivity index (χ3v) is 2.01. The summed E-state index contributed by atoms with van der Waals surface area (Å²) >= 11 is 1.73. The van der Waals surface area contributed by atoms with E-state index in [1.165, 1.54) is 5.69 Å². The highest BCUT2D eigenvalue weighted by Crippen LogP contribution is 2.14. The summed E-state index contributed by atoms with van der Waals surface area (Å²) in [5.74, 6) is 0. The third-order valence-electron chi connectivity index (χ3n) is 1.19. The van der Waals surface area contributed by atoms with Crippen molar-refractivity contribution in [3.8, 4) is 0 Å². The number of hydrogen-bond acceptors (Lipinski definition) is 2. The molecule has 0 saturated heterocycles. The molecule has 0 heterocycles. The van der Waals surface area contributed by atoms with E-state index >= 15 is 0 Å². The maximum absolute atomic E-state index is 3.26. The molecule has 1 nitrogen and oxygen atoms in total. The second-order valence-corrected chi connectivity index (χ2v) is 4.02. The standard InChI is InChI=1S/C9H13NS/c1-8(2)11-10-9-6-4-3-5-7-9/h3-8,10H,1-2H3. The van der Waals surface area contributed by atoms with E-state index in [2.05, 4.69) is 30.7 Å². The van der Waals surface area contributed by atoms with Crippen LogP contribution in [0.25, 0.3) is 0 Å². The molecule has 0 fully saturated rings. The van der Waals surface area contributed by atoms with Gasteiger partial charge in [-0.2, -0.15) is 0 Å². The third kappa shape index (κ3) is 3.33. The fraction of sp³-hybridized carbons (Fsp3) is 0.333. The molecule has 0 bridgehead atoms. The number of hydrogen-bond donors (Lipinski definition) is 1. The minimum Gasteiger partial charge on any atom is -0.330 e. The van der Waals surface area contributed by atoms with Gasteiger partial charge in [-0.05, 0) is 24.1 Å². The van der Waals surface area contributed by atoms with Crippen LogP contribution >= 0.6 is 11.9 Å². The summed E-state index contributed by atoms with van der Waals surface area (Å²) in [6, 6.07) is 10.2. The minimum atomic E-state index is 0.621. The van der Waals surface area contributed by atoms with Crippen LogP contribution in [0.2, 0.25) is 0 Å². The summed E-state index contributed by atoms with van der Waals surface area (Å²) in [5, 5.41) is 0.621. The van der Waals surface area contributed by atoms with Gasteiger partial charge < -0.3 is 4.72 Å². The quantitative estimate of drug-likeness (QED) is 0.694. The highest BCUT2D eigenvalue weighted by molar-refractivity contribution is 8.01. The molecule has 0 aliphatic carbocycles. The summed E-state index contributed by atoms with van der Waals surface area (Å²) < 4.78 is 3.26. The molecule has 0 unspecified atom stereocenters. The van der Waals surface area contributed by atoms with Crippen LogP contribution in [0.4, 0.5) is 5.69 Å². The topological polar surface area (TPSA) is 12.0 Å². The summed E-state index contributed by atoms with van der Waals surface area (Å²) in [4.78, 5) is 0. The first-order valence-electron chi connectivity index (χ1n) is 3.76. The Labute approximate surface area is 72.3 Å². The van der Waals surface area contributed by atoms with E-state index in [1.54, 1.807) is 11.9 Å². The second kappa shape index (κ2) is 4.29. The van der Waals surface area contributed by atoms with E-state index in [0.29, 0.717) is 5.25 Å². The molecule has 0 amide bonds. The van der Waals surface area contributed by atoms with E-state index in [1.807, 2.05) is 18.2 Å². The Morgan fingerprint density at radius 1 is 1.18 bits per heavy atom. The molecule has 60 valence electrons. The van der Waals surface area contributed by atoms with E-state index in [0.717, 1.165) is 0 Å². The van der Waals surface area contributed by atoms with E-state index in [-0.39, 0.29) is 0 Å². The summed E-state index contributed by atoms with van der Waals surface area (Å²) in [5.41, 5.74) is 1.17. The molecular weight excluding hydrogens is 154 g/mol. The average molecular weight is 167 g/mol. The van der Waals surface area contributed by atoms with Crippen molar-refractivity contribution in [1.29, 1.82) is 0 Å². The second-order valence-electron chi connectivity index (χ2n) is 2.63. The Balaban J connectivity index is 2.39. The molecule has 1 rings (SSSR count). The van der Waals surface area contributed by atoms with Gasteiger partial charge in [-0.3, -0.25) is 0 Å². The van der Waals surface area contributed by atoms with Gasteiger partial charge in [0.15, 0.2) is 0 Å². The molecule has 2 heteroatoms. The molecule has 0 aromatic heterocycles. The number of anilines is 1. The number of rotatable bonds is 3. The van der Waals surface area contributed by atoms with Crippen molar-refractivity contribution in [1.82, 2.24) is 0 Å². The Bertz CT molecular complexity index is 196. The van der Waals surface area contributed by atoms with Crippen LogP contribution in [0.3, 0.4) is 0 Å². The van der Waals surface area contributed by atoms with Crippen molar-refractivity contribution in [2.75, 3.05) is 4.72 Å². The molecule has 1 aromatic rings. The van der Waals surface area contributed by atoms with Gasteiger partial charge in [0, 0.05) is 10.9 Å². The first-order valence-corrected chi connectivity index (χ1v) is 4.63. The van der Waals surface area contributed by atoms with Crippen molar-refractivity contribution in [3.63, 3.8) is 0 Å². The lowest BCUT2D eigenvalue weighted by Gasteiger charge is -2.06. The molecule has 1 N–H and O–H groups in total. The van der Waals surface area contributed by atoms with Crippen LogP contribution in [0, 0.1) is 0 Å². The zero-order chi connectivity index (χ0) is 8.10. The van der Waals surface area contributed by atoms with Crippen molar-refractivity contribution in [2.45, 2.75) is 19.1 Å². The van der Waals surface area contributed by atoms with Gasteiger partial charge in [0.05, 0.1) is 0 Å². The number of nitrogens with one attached hydrogen (secondary N) is 1. The molecule has 1 aromatic carbocycles. The van der Waals surface area contributed by atoms with Gasteiger partial charge in [-0.15, -0.1) is 0 Å². The first-order chi connectivity index (χ1) is 5.29. The SMILES string of the molecule is CC(C)SNc1ccccc1. The lowest BCUT2D eigenvalue weighted by atomic mass is 10.3. The van der Waals surface area contributed by atoms with Crippen LogP contribution in [0.15, 0.2) is 30.3 Å². The lowest BCUT2D eigenvalue weighted by Crippen LogP contribution is -1.93. The predicted octanol–water partition coefficient (Wildman–Crippen LogP) is 3.16. The van der Waals surface area contributed by atoms with E-state index in [9.17, 15) is 0 Å². The predicted molar refractivity (Wildman–Crippen MR) is 52.8 cm³/mol. The number of benzene rings is 1. The van der Waals surface area contributed by atoms with Gasteiger partial charge >= 0.3 is 0 Å². The largest absolute Gasteiger partial charge is 0.330 e. The zero-order valence-corrected chi connectivity index (χ0v) is 7.69.